The van der Waals surface area contributed by atoms with Crippen LogP contribution in [0.4, 0.5) is 10.1 Å². The molecule has 1 unspecified atom stereocenters. The van der Waals surface area contributed by atoms with Crippen molar-refractivity contribution in [2.45, 2.75) is 51.5 Å². The van der Waals surface area contributed by atoms with Crippen molar-refractivity contribution in [2.24, 2.45) is 0 Å². The van der Waals surface area contributed by atoms with Gasteiger partial charge in [-0.15, -0.1) is 0 Å². The van der Waals surface area contributed by atoms with E-state index in [-0.39, 0.29) is 17.6 Å². The fraction of sp³-hybridized carbons (Fsp3) is 0.500. The fourth-order valence-corrected chi connectivity index (χ4v) is 2.62. The highest BCUT2D eigenvalue weighted by atomic mass is 19.1. The number of amides is 2. The number of nitrogens with one attached hydrogen (secondary N) is 2. The van der Waals surface area contributed by atoms with Crippen molar-refractivity contribution in [1.82, 2.24) is 5.32 Å². The van der Waals surface area contributed by atoms with Gasteiger partial charge in [-0.25, -0.2) is 4.39 Å². The summed E-state index contributed by atoms with van der Waals surface area (Å²) >= 11 is 0. The van der Waals surface area contributed by atoms with Crippen molar-refractivity contribution in [3.05, 3.63) is 29.6 Å². The molecule has 2 rings (SSSR count). The van der Waals surface area contributed by atoms with Crippen LogP contribution in [0.2, 0.25) is 0 Å². The van der Waals surface area contributed by atoms with Gasteiger partial charge in [-0.1, -0.05) is 19.4 Å². The SMILES string of the molecule is CCC1(C(=O)Nc2ccc(C)c(F)c2)CCCCC(=O)N1. The van der Waals surface area contributed by atoms with Gasteiger partial charge in [0.25, 0.3) is 0 Å². The van der Waals surface area contributed by atoms with Gasteiger partial charge in [-0.05, 0) is 43.9 Å². The molecule has 114 valence electrons. The number of hydrogen-bond acceptors (Lipinski definition) is 2. The normalized spacial score (nSPS) is 22.3. The number of carbonyl (C=O) groups is 2. The summed E-state index contributed by atoms with van der Waals surface area (Å²) in [6.07, 6.45) is 3.19. The van der Waals surface area contributed by atoms with Crippen molar-refractivity contribution >= 4 is 17.5 Å². The molecule has 0 spiro atoms. The summed E-state index contributed by atoms with van der Waals surface area (Å²) in [5, 5.41) is 5.57. The summed E-state index contributed by atoms with van der Waals surface area (Å²) in [4.78, 5) is 24.3. The molecule has 1 aliphatic heterocycles. The molecule has 2 amide bonds. The van der Waals surface area contributed by atoms with E-state index in [4.69, 9.17) is 0 Å². The molecule has 0 radical (unpaired) electrons. The Morgan fingerprint density at radius 2 is 2.19 bits per heavy atom. The molecule has 0 aromatic heterocycles. The second kappa shape index (κ2) is 6.24. The molecule has 1 atom stereocenters. The van der Waals surface area contributed by atoms with Crippen LogP contribution in [0.1, 0.15) is 44.6 Å². The Balaban J connectivity index is 2.19. The third-order valence-electron chi connectivity index (χ3n) is 4.10. The average Bonchev–Trinajstić information content (AvgIpc) is 2.65. The Bertz CT molecular complexity index is 559. The summed E-state index contributed by atoms with van der Waals surface area (Å²) in [7, 11) is 0. The van der Waals surface area contributed by atoms with Crippen LogP contribution in [-0.2, 0) is 9.59 Å². The molecule has 1 heterocycles. The number of anilines is 1. The number of hydrogen-bond donors (Lipinski definition) is 2. The summed E-state index contributed by atoms with van der Waals surface area (Å²) in [5.74, 6) is -0.730. The molecule has 1 aliphatic rings. The first-order valence-electron chi connectivity index (χ1n) is 7.35. The van der Waals surface area contributed by atoms with Crippen LogP contribution in [-0.4, -0.2) is 17.4 Å². The Hall–Kier alpha value is -1.91. The summed E-state index contributed by atoms with van der Waals surface area (Å²) in [5.41, 5.74) is 0.0463. The van der Waals surface area contributed by atoms with E-state index in [1.165, 1.54) is 6.07 Å². The minimum Gasteiger partial charge on any atom is -0.342 e. The molecule has 2 N–H and O–H groups in total. The Morgan fingerprint density at radius 3 is 2.86 bits per heavy atom. The first-order chi connectivity index (χ1) is 9.97. The first kappa shape index (κ1) is 15.5. The van der Waals surface area contributed by atoms with E-state index in [1.54, 1.807) is 19.1 Å². The molecule has 0 aliphatic carbocycles. The predicted molar refractivity (Wildman–Crippen MR) is 79.4 cm³/mol. The topological polar surface area (TPSA) is 58.2 Å². The van der Waals surface area contributed by atoms with E-state index in [1.807, 2.05) is 6.92 Å². The summed E-state index contributed by atoms with van der Waals surface area (Å²) in [6, 6.07) is 4.59. The van der Waals surface area contributed by atoms with Gasteiger partial charge in [0.2, 0.25) is 11.8 Å². The van der Waals surface area contributed by atoms with Gasteiger partial charge in [0, 0.05) is 12.1 Å². The van der Waals surface area contributed by atoms with Gasteiger partial charge in [0.15, 0.2) is 0 Å². The molecule has 1 fully saturated rings. The van der Waals surface area contributed by atoms with E-state index >= 15 is 0 Å². The van der Waals surface area contributed by atoms with E-state index in [0.29, 0.717) is 30.5 Å². The van der Waals surface area contributed by atoms with Gasteiger partial charge < -0.3 is 10.6 Å². The molecule has 1 saturated heterocycles. The van der Waals surface area contributed by atoms with Gasteiger partial charge in [-0.3, -0.25) is 9.59 Å². The van der Waals surface area contributed by atoms with Crippen LogP contribution in [0.3, 0.4) is 0 Å². The molecule has 0 bridgehead atoms. The van der Waals surface area contributed by atoms with Crippen LogP contribution in [0.5, 0.6) is 0 Å². The van der Waals surface area contributed by atoms with Crippen molar-refractivity contribution in [3.8, 4) is 0 Å². The molecule has 1 aromatic rings. The highest BCUT2D eigenvalue weighted by molar-refractivity contribution is 6.00. The largest absolute Gasteiger partial charge is 0.342 e. The van der Waals surface area contributed by atoms with Gasteiger partial charge >= 0.3 is 0 Å². The number of benzene rings is 1. The zero-order chi connectivity index (χ0) is 15.5. The molecule has 21 heavy (non-hydrogen) atoms. The molecule has 4 nitrogen and oxygen atoms in total. The molecule has 5 heteroatoms. The van der Waals surface area contributed by atoms with Gasteiger partial charge in [-0.2, -0.15) is 0 Å². The van der Waals surface area contributed by atoms with Crippen molar-refractivity contribution in [2.75, 3.05) is 5.32 Å². The minimum absolute atomic E-state index is 0.0976. The number of halogens is 1. The standard InChI is InChI=1S/C16H21FN2O2/c1-3-16(9-5-4-6-14(20)19-16)15(21)18-12-8-7-11(2)13(17)10-12/h7-8,10H,3-6,9H2,1-2H3,(H,18,21)(H,19,20). The second-order valence-electron chi connectivity index (χ2n) is 5.61. The molecular weight excluding hydrogens is 271 g/mol. The lowest BCUT2D eigenvalue weighted by atomic mass is 9.89. The summed E-state index contributed by atoms with van der Waals surface area (Å²) in [6.45, 7) is 3.54. The fourth-order valence-electron chi connectivity index (χ4n) is 2.62. The maximum atomic E-state index is 13.6. The van der Waals surface area contributed by atoms with E-state index in [9.17, 15) is 14.0 Å². The van der Waals surface area contributed by atoms with Crippen LogP contribution < -0.4 is 10.6 Å². The van der Waals surface area contributed by atoms with Crippen LogP contribution >= 0.6 is 0 Å². The maximum absolute atomic E-state index is 13.6. The second-order valence-corrected chi connectivity index (χ2v) is 5.61. The van der Waals surface area contributed by atoms with E-state index < -0.39 is 5.54 Å². The Kier molecular flexibility index (Phi) is 4.60. The Labute approximate surface area is 124 Å². The summed E-state index contributed by atoms with van der Waals surface area (Å²) < 4.78 is 13.6. The van der Waals surface area contributed by atoms with E-state index in [2.05, 4.69) is 10.6 Å². The average molecular weight is 292 g/mol. The monoisotopic (exact) mass is 292 g/mol. The number of rotatable bonds is 3. The maximum Gasteiger partial charge on any atom is 0.250 e. The lowest BCUT2D eigenvalue weighted by Gasteiger charge is -2.31. The minimum atomic E-state index is -0.894. The smallest absolute Gasteiger partial charge is 0.250 e. The Morgan fingerprint density at radius 1 is 1.43 bits per heavy atom. The highest BCUT2D eigenvalue weighted by Gasteiger charge is 2.39. The zero-order valence-electron chi connectivity index (χ0n) is 12.5. The van der Waals surface area contributed by atoms with Crippen molar-refractivity contribution in [3.63, 3.8) is 0 Å². The molecule has 1 aromatic carbocycles. The molecular formula is C16H21FN2O2. The molecule has 0 saturated carbocycles. The first-order valence-corrected chi connectivity index (χ1v) is 7.35. The third-order valence-corrected chi connectivity index (χ3v) is 4.10. The number of aryl methyl sites for hydroxylation is 1. The van der Waals surface area contributed by atoms with Crippen LogP contribution in [0.15, 0.2) is 18.2 Å². The quantitative estimate of drug-likeness (QED) is 0.900. The van der Waals surface area contributed by atoms with Crippen molar-refractivity contribution < 1.29 is 14.0 Å². The van der Waals surface area contributed by atoms with Gasteiger partial charge in [0.1, 0.15) is 11.4 Å². The van der Waals surface area contributed by atoms with E-state index in [0.717, 1.165) is 12.8 Å². The third kappa shape index (κ3) is 3.40. The van der Waals surface area contributed by atoms with Crippen LogP contribution in [0, 0.1) is 12.7 Å². The zero-order valence-corrected chi connectivity index (χ0v) is 12.5. The van der Waals surface area contributed by atoms with Crippen LogP contribution in [0.25, 0.3) is 0 Å². The van der Waals surface area contributed by atoms with Gasteiger partial charge in [0.05, 0.1) is 0 Å². The lowest BCUT2D eigenvalue weighted by Crippen LogP contribution is -2.55. The lowest BCUT2D eigenvalue weighted by molar-refractivity contribution is -0.130. The predicted octanol–water partition coefficient (Wildman–Crippen LogP) is 2.91. The van der Waals surface area contributed by atoms with Crippen molar-refractivity contribution in [1.29, 1.82) is 0 Å². The highest BCUT2D eigenvalue weighted by Crippen LogP contribution is 2.25. The number of carbonyl (C=O) groups excluding carboxylic acids is 2.